The zero-order valence-electron chi connectivity index (χ0n) is 13.2. The van der Waals surface area contributed by atoms with Gasteiger partial charge >= 0.3 is 0 Å². The van der Waals surface area contributed by atoms with Gasteiger partial charge in [0.15, 0.2) is 0 Å². The van der Waals surface area contributed by atoms with Crippen LogP contribution < -0.4 is 5.32 Å². The van der Waals surface area contributed by atoms with Crippen molar-refractivity contribution in [1.29, 1.82) is 0 Å². The van der Waals surface area contributed by atoms with Crippen LogP contribution in [0.5, 0.6) is 0 Å². The summed E-state index contributed by atoms with van der Waals surface area (Å²) in [5.41, 5.74) is 3.16. The van der Waals surface area contributed by atoms with Crippen molar-refractivity contribution in [3.63, 3.8) is 0 Å². The maximum atomic E-state index is 3.74. The third kappa shape index (κ3) is 4.44. The van der Waals surface area contributed by atoms with E-state index >= 15 is 0 Å². The largest absolute Gasteiger partial charge is 0.381 e. The normalized spacial score (nSPS) is 21.6. The van der Waals surface area contributed by atoms with Crippen molar-refractivity contribution in [2.45, 2.75) is 58.9 Å². The van der Waals surface area contributed by atoms with E-state index in [2.05, 4.69) is 62.1 Å². The molecule has 112 valence electrons. The van der Waals surface area contributed by atoms with Gasteiger partial charge in [-0.3, -0.25) is 0 Å². The van der Waals surface area contributed by atoms with E-state index in [1.165, 1.54) is 54.9 Å². The standard InChI is InChI=1S/C18H29NS/c1-4-5-6-7-15-8-10-16(11-9-15)19-17-14-20-13-12-18(17,2)3/h8-11,17,19H,4-7,12-14H2,1-3H3. The Morgan fingerprint density at radius 1 is 1.20 bits per heavy atom. The highest BCUT2D eigenvalue weighted by Crippen LogP contribution is 2.36. The Morgan fingerprint density at radius 3 is 2.60 bits per heavy atom. The number of anilines is 1. The topological polar surface area (TPSA) is 12.0 Å². The minimum absolute atomic E-state index is 0.408. The SMILES string of the molecule is CCCCCc1ccc(NC2CSCCC2(C)C)cc1. The Kier molecular flexibility index (Phi) is 5.83. The minimum Gasteiger partial charge on any atom is -0.381 e. The molecule has 1 aliphatic rings. The maximum Gasteiger partial charge on any atom is 0.0403 e. The Bertz CT molecular complexity index is 396. The summed E-state index contributed by atoms with van der Waals surface area (Å²) in [6.07, 6.45) is 6.49. The van der Waals surface area contributed by atoms with Crippen LogP contribution >= 0.6 is 11.8 Å². The molecule has 2 rings (SSSR count). The molecule has 1 heterocycles. The molecule has 0 amide bonds. The van der Waals surface area contributed by atoms with Crippen molar-refractivity contribution in [3.8, 4) is 0 Å². The van der Waals surface area contributed by atoms with Gasteiger partial charge in [0, 0.05) is 17.5 Å². The Balaban J connectivity index is 1.89. The van der Waals surface area contributed by atoms with Crippen molar-refractivity contribution in [3.05, 3.63) is 29.8 Å². The van der Waals surface area contributed by atoms with Gasteiger partial charge in [-0.05, 0) is 48.1 Å². The molecular weight excluding hydrogens is 262 g/mol. The van der Waals surface area contributed by atoms with Gasteiger partial charge in [-0.1, -0.05) is 45.7 Å². The van der Waals surface area contributed by atoms with Gasteiger partial charge in [0.1, 0.15) is 0 Å². The fourth-order valence-corrected chi connectivity index (χ4v) is 4.33. The van der Waals surface area contributed by atoms with Gasteiger partial charge in [-0.15, -0.1) is 0 Å². The van der Waals surface area contributed by atoms with Crippen LogP contribution in [0.4, 0.5) is 5.69 Å². The quantitative estimate of drug-likeness (QED) is 0.708. The van der Waals surface area contributed by atoms with Gasteiger partial charge in [-0.2, -0.15) is 11.8 Å². The molecule has 0 saturated carbocycles. The van der Waals surface area contributed by atoms with Crippen LogP contribution in [0.2, 0.25) is 0 Å². The predicted molar refractivity (Wildman–Crippen MR) is 92.8 cm³/mol. The Labute approximate surface area is 128 Å². The summed E-state index contributed by atoms with van der Waals surface area (Å²) >= 11 is 2.08. The molecule has 1 nitrogen and oxygen atoms in total. The second-order valence-electron chi connectivity index (χ2n) is 6.66. The summed E-state index contributed by atoms with van der Waals surface area (Å²) < 4.78 is 0. The smallest absolute Gasteiger partial charge is 0.0403 e. The molecule has 2 heteroatoms. The van der Waals surface area contributed by atoms with Crippen LogP contribution in [-0.4, -0.2) is 17.5 Å². The zero-order chi connectivity index (χ0) is 14.4. The molecule has 1 atom stereocenters. The number of hydrogen-bond acceptors (Lipinski definition) is 2. The molecule has 1 aromatic carbocycles. The van der Waals surface area contributed by atoms with Gasteiger partial charge in [0.25, 0.3) is 0 Å². The summed E-state index contributed by atoms with van der Waals surface area (Å²) in [7, 11) is 0. The molecule has 0 bridgehead atoms. The van der Waals surface area contributed by atoms with Crippen LogP contribution in [0.3, 0.4) is 0 Å². The van der Waals surface area contributed by atoms with E-state index in [1.807, 2.05) is 0 Å². The summed E-state index contributed by atoms with van der Waals surface area (Å²) in [5.74, 6) is 2.53. The highest BCUT2D eigenvalue weighted by Gasteiger charge is 2.32. The summed E-state index contributed by atoms with van der Waals surface area (Å²) in [4.78, 5) is 0. The summed E-state index contributed by atoms with van der Waals surface area (Å²) in [6.45, 7) is 7.05. The minimum atomic E-state index is 0.408. The molecule has 1 N–H and O–H groups in total. The molecule has 1 fully saturated rings. The van der Waals surface area contributed by atoms with E-state index in [9.17, 15) is 0 Å². The predicted octanol–water partition coefficient (Wildman–Crippen LogP) is 5.36. The Hall–Kier alpha value is -0.630. The highest BCUT2D eigenvalue weighted by atomic mass is 32.2. The maximum absolute atomic E-state index is 3.74. The lowest BCUT2D eigenvalue weighted by Crippen LogP contribution is -2.41. The molecule has 0 aromatic heterocycles. The fourth-order valence-electron chi connectivity index (χ4n) is 2.72. The first kappa shape index (κ1) is 15.8. The first-order valence-corrected chi connectivity index (χ1v) is 9.20. The number of unbranched alkanes of at least 4 members (excludes halogenated alkanes) is 2. The van der Waals surface area contributed by atoms with Gasteiger partial charge in [-0.25, -0.2) is 0 Å². The van der Waals surface area contributed by atoms with E-state index in [-0.39, 0.29) is 0 Å². The number of thioether (sulfide) groups is 1. The Morgan fingerprint density at radius 2 is 1.95 bits per heavy atom. The first-order chi connectivity index (χ1) is 9.62. The van der Waals surface area contributed by atoms with Gasteiger partial charge in [0.2, 0.25) is 0 Å². The lowest BCUT2D eigenvalue weighted by Gasteiger charge is -2.39. The summed E-state index contributed by atoms with van der Waals surface area (Å²) in [6, 6.07) is 9.70. The number of benzene rings is 1. The highest BCUT2D eigenvalue weighted by molar-refractivity contribution is 7.99. The van der Waals surface area contributed by atoms with E-state index in [0.29, 0.717) is 11.5 Å². The number of rotatable bonds is 6. The lowest BCUT2D eigenvalue weighted by atomic mass is 9.82. The molecular formula is C18H29NS. The van der Waals surface area contributed by atoms with Crippen LogP contribution in [-0.2, 0) is 6.42 Å². The van der Waals surface area contributed by atoms with Crippen molar-refractivity contribution in [2.75, 3.05) is 16.8 Å². The molecule has 0 aliphatic carbocycles. The zero-order valence-corrected chi connectivity index (χ0v) is 14.1. The molecule has 1 unspecified atom stereocenters. The van der Waals surface area contributed by atoms with Crippen molar-refractivity contribution in [1.82, 2.24) is 0 Å². The number of nitrogens with one attached hydrogen (secondary N) is 1. The van der Waals surface area contributed by atoms with Crippen molar-refractivity contribution in [2.24, 2.45) is 5.41 Å². The average Bonchev–Trinajstić information content (AvgIpc) is 2.43. The molecule has 0 radical (unpaired) electrons. The van der Waals surface area contributed by atoms with Crippen molar-refractivity contribution >= 4 is 17.4 Å². The molecule has 1 aromatic rings. The first-order valence-electron chi connectivity index (χ1n) is 8.05. The summed E-state index contributed by atoms with van der Waals surface area (Å²) in [5, 5.41) is 3.74. The van der Waals surface area contributed by atoms with Crippen LogP contribution in [0, 0.1) is 5.41 Å². The third-order valence-corrected chi connectivity index (χ3v) is 5.54. The monoisotopic (exact) mass is 291 g/mol. The van der Waals surface area contributed by atoms with Crippen LogP contribution in [0.15, 0.2) is 24.3 Å². The number of hydrogen-bond donors (Lipinski definition) is 1. The third-order valence-electron chi connectivity index (χ3n) is 4.48. The van der Waals surface area contributed by atoms with E-state index in [4.69, 9.17) is 0 Å². The molecule has 20 heavy (non-hydrogen) atoms. The lowest BCUT2D eigenvalue weighted by molar-refractivity contribution is 0.305. The van der Waals surface area contributed by atoms with E-state index < -0.39 is 0 Å². The molecule has 1 aliphatic heterocycles. The fraction of sp³-hybridized carbons (Fsp3) is 0.667. The molecule has 0 spiro atoms. The van der Waals surface area contributed by atoms with E-state index in [0.717, 1.165) is 0 Å². The van der Waals surface area contributed by atoms with Gasteiger partial charge < -0.3 is 5.32 Å². The van der Waals surface area contributed by atoms with Crippen LogP contribution in [0.25, 0.3) is 0 Å². The van der Waals surface area contributed by atoms with Gasteiger partial charge in [0.05, 0.1) is 0 Å². The molecule has 1 saturated heterocycles. The van der Waals surface area contributed by atoms with E-state index in [1.54, 1.807) is 0 Å². The average molecular weight is 292 g/mol. The van der Waals surface area contributed by atoms with Crippen molar-refractivity contribution < 1.29 is 0 Å². The van der Waals surface area contributed by atoms with Crippen LogP contribution in [0.1, 0.15) is 52.0 Å². The second kappa shape index (κ2) is 7.40. The number of aryl methyl sites for hydroxylation is 1. The second-order valence-corrected chi connectivity index (χ2v) is 7.81.